The molecule has 1 aliphatic carbocycles. The minimum absolute atomic E-state index is 0.00595. The molecular formula is C27H24F2N6O3. The molecule has 9 nitrogen and oxygen atoms in total. The van der Waals surface area contributed by atoms with Crippen molar-refractivity contribution in [1.82, 2.24) is 24.5 Å². The van der Waals surface area contributed by atoms with Gasteiger partial charge in [0.25, 0.3) is 5.91 Å². The van der Waals surface area contributed by atoms with E-state index in [2.05, 4.69) is 5.10 Å². The third-order valence-electron chi connectivity index (χ3n) is 7.59. The topological polar surface area (TPSA) is 108 Å². The van der Waals surface area contributed by atoms with Gasteiger partial charge in [-0.05, 0) is 44.5 Å². The summed E-state index contributed by atoms with van der Waals surface area (Å²) in [5, 5.41) is 4.64. The van der Waals surface area contributed by atoms with Crippen LogP contribution in [-0.2, 0) is 5.54 Å². The monoisotopic (exact) mass is 521 g/mol. The van der Waals surface area contributed by atoms with Gasteiger partial charge in [0.05, 0.1) is 23.0 Å². The Labute approximate surface area is 220 Å². The average molecular weight is 522 g/mol. The number of carbonyl (C=O) groups excluding carboxylic acids is 1. The van der Waals surface area contributed by atoms with Crippen LogP contribution in [0.2, 0.25) is 0 Å². The van der Waals surface area contributed by atoms with E-state index in [4.69, 9.17) is 29.3 Å². The zero-order chi connectivity index (χ0) is 29.0. The number of hydrogen-bond donors (Lipinski definition) is 1. The summed E-state index contributed by atoms with van der Waals surface area (Å²) in [6.45, 7) is -1.96. The predicted octanol–water partition coefficient (Wildman–Crippen LogP) is 3.93. The second-order valence-corrected chi connectivity index (χ2v) is 10.1. The fourth-order valence-corrected chi connectivity index (χ4v) is 5.86. The summed E-state index contributed by atoms with van der Waals surface area (Å²) >= 11 is 0. The summed E-state index contributed by atoms with van der Waals surface area (Å²) in [5.41, 5.74) is 9.73. The third kappa shape index (κ3) is 3.11. The van der Waals surface area contributed by atoms with E-state index in [1.54, 1.807) is 12.3 Å². The van der Waals surface area contributed by atoms with Crippen LogP contribution in [0.4, 0.5) is 8.78 Å². The lowest BCUT2D eigenvalue weighted by Crippen LogP contribution is -2.35. The van der Waals surface area contributed by atoms with E-state index in [0.29, 0.717) is 51.9 Å². The number of rotatable bonds is 3. The molecule has 0 saturated heterocycles. The van der Waals surface area contributed by atoms with Crippen LogP contribution in [0.25, 0.3) is 16.9 Å². The van der Waals surface area contributed by atoms with Gasteiger partial charge in [-0.3, -0.25) is 9.78 Å². The van der Waals surface area contributed by atoms with E-state index in [0.717, 1.165) is 4.90 Å². The van der Waals surface area contributed by atoms with Crippen LogP contribution in [0.1, 0.15) is 68.0 Å². The van der Waals surface area contributed by atoms with E-state index >= 15 is 0 Å². The molecule has 0 saturated carbocycles. The van der Waals surface area contributed by atoms with Crippen LogP contribution < -0.4 is 15.2 Å². The first-order valence-electron chi connectivity index (χ1n) is 13.6. The quantitative estimate of drug-likeness (QED) is 0.435. The van der Waals surface area contributed by atoms with E-state index in [1.165, 1.54) is 22.7 Å². The maximum atomic E-state index is 13.6. The molecule has 2 N–H and O–H groups in total. The molecule has 1 aromatic carbocycles. The molecule has 194 valence electrons. The third-order valence-corrected chi connectivity index (χ3v) is 7.59. The Hall–Kier alpha value is -4.12. The standard InChI is InChI=1S/C27H24F2N6O3/c1-12-14(10-19-23(31-12)27(2,30)11-37-19)16-7-8-35-24(32-16)21-15-9-17(22(21)33-35)34(3)25(36)13-5-4-6-18(20(13)15)38-26(28)29/h4-8,10,15,17,26H,9,11,30H2,1-3H3/t15-,17-,27-/m1/s1/i3D3. The van der Waals surface area contributed by atoms with Gasteiger partial charge < -0.3 is 20.1 Å². The van der Waals surface area contributed by atoms with Crippen LogP contribution in [0, 0.1) is 6.92 Å². The number of ether oxygens (including phenoxy) is 2. The largest absolute Gasteiger partial charge is 0.489 e. The van der Waals surface area contributed by atoms with Crippen LogP contribution in [0.5, 0.6) is 11.5 Å². The molecule has 3 aromatic heterocycles. The van der Waals surface area contributed by atoms with Gasteiger partial charge >= 0.3 is 6.61 Å². The Morgan fingerprint density at radius 3 is 2.89 bits per heavy atom. The highest BCUT2D eigenvalue weighted by Crippen LogP contribution is 2.53. The molecule has 0 unspecified atom stereocenters. The molecule has 3 atom stereocenters. The summed E-state index contributed by atoms with van der Waals surface area (Å²) in [6, 6.07) is 6.85. The first-order chi connectivity index (χ1) is 19.3. The number of nitrogens with two attached hydrogens (primary N) is 1. The van der Waals surface area contributed by atoms with Crippen molar-refractivity contribution >= 4 is 11.6 Å². The lowest BCUT2D eigenvalue weighted by Gasteiger charge is -2.23. The maximum Gasteiger partial charge on any atom is 0.387 e. The molecule has 2 aliphatic heterocycles. The summed E-state index contributed by atoms with van der Waals surface area (Å²) in [4.78, 5) is 24.0. The Morgan fingerprint density at radius 1 is 1.26 bits per heavy atom. The number of pyridine rings is 1. The number of carbonyl (C=O) groups is 1. The lowest BCUT2D eigenvalue weighted by molar-refractivity contribution is -0.0505. The smallest absolute Gasteiger partial charge is 0.387 e. The molecule has 2 bridgehead atoms. The highest BCUT2D eigenvalue weighted by molar-refractivity contribution is 5.98. The van der Waals surface area contributed by atoms with Crippen molar-refractivity contribution in [2.24, 2.45) is 5.73 Å². The highest BCUT2D eigenvalue weighted by atomic mass is 19.3. The molecule has 4 aromatic rings. The minimum Gasteiger partial charge on any atom is -0.489 e. The molecule has 0 spiro atoms. The first-order valence-corrected chi connectivity index (χ1v) is 12.1. The highest BCUT2D eigenvalue weighted by Gasteiger charge is 2.46. The second-order valence-electron chi connectivity index (χ2n) is 10.1. The number of halogens is 2. The van der Waals surface area contributed by atoms with E-state index in [9.17, 15) is 13.6 Å². The number of alkyl halides is 2. The van der Waals surface area contributed by atoms with Crippen molar-refractivity contribution in [3.8, 4) is 22.8 Å². The van der Waals surface area contributed by atoms with Crippen molar-refractivity contribution in [2.45, 2.75) is 44.4 Å². The molecule has 11 heteroatoms. The molecule has 1 amide bonds. The van der Waals surface area contributed by atoms with Gasteiger partial charge in [-0.1, -0.05) is 6.07 Å². The zero-order valence-electron chi connectivity index (χ0n) is 23.4. The van der Waals surface area contributed by atoms with Crippen molar-refractivity contribution in [1.29, 1.82) is 0 Å². The van der Waals surface area contributed by atoms with Gasteiger partial charge in [0.1, 0.15) is 23.8 Å². The van der Waals surface area contributed by atoms with Crippen LogP contribution >= 0.6 is 0 Å². The molecule has 38 heavy (non-hydrogen) atoms. The van der Waals surface area contributed by atoms with Gasteiger partial charge in [0.2, 0.25) is 0 Å². The van der Waals surface area contributed by atoms with E-state index < -0.39 is 37.0 Å². The lowest BCUT2D eigenvalue weighted by atomic mass is 9.89. The molecule has 3 aliphatic rings. The van der Waals surface area contributed by atoms with Crippen molar-refractivity contribution in [3.63, 3.8) is 0 Å². The van der Waals surface area contributed by atoms with Gasteiger partial charge in [-0.15, -0.1) is 0 Å². The fourth-order valence-electron chi connectivity index (χ4n) is 5.86. The molecule has 0 radical (unpaired) electrons. The number of aromatic nitrogens is 4. The van der Waals surface area contributed by atoms with Crippen LogP contribution in [0.15, 0.2) is 36.5 Å². The summed E-state index contributed by atoms with van der Waals surface area (Å²) in [5.74, 6) is -1.09. The molecular weight excluding hydrogens is 494 g/mol. The van der Waals surface area contributed by atoms with Gasteiger partial charge in [0, 0.05) is 51.2 Å². The van der Waals surface area contributed by atoms with Gasteiger partial charge in [-0.25, -0.2) is 9.50 Å². The minimum atomic E-state index is -3.14. The SMILES string of the molecule is [2H]C([2H])([2H])N1C(=O)c2cccc(OC(F)F)c2[C@H]2C[C@@H]1c1nn3ccc(-c4cc5c(nc4C)[C@](C)(N)CO5)nc3c12. The molecule has 7 rings (SSSR count). The number of amides is 1. The number of benzene rings is 1. The van der Waals surface area contributed by atoms with Crippen molar-refractivity contribution in [3.05, 3.63) is 70.3 Å². The summed E-state index contributed by atoms with van der Waals surface area (Å²) < 4.78 is 63.5. The Balaban J connectivity index is 1.45. The summed E-state index contributed by atoms with van der Waals surface area (Å²) in [6.07, 6.45) is 1.82. The van der Waals surface area contributed by atoms with Crippen LogP contribution in [0.3, 0.4) is 0 Å². The predicted molar refractivity (Wildman–Crippen MR) is 132 cm³/mol. The Bertz CT molecular complexity index is 1770. The fraction of sp³-hybridized carbons (Fsp3) is 0.333. The first kappa shape index (κ1) is 19.9. The van der Waals surface area contributed by atoms with Crippen molar-refractivity contribution in [2.75, 3.05) is 13.6 Å². The van der Waals surface area contributed by atoms with Crippen LogP contribution in [-0.4, -0.2) is 50.6 Å². The normalized spacial score (nSPS) is 24.8. The molecule has 0 fully saturated rings. The van der Waals surface area contributed by atoms with Gasteiger partial charge in [0.15, 0.2) is 5.65 Å². The Morgan fingerprint density at radius 2 is 2.11 bits per heavy atom. The second kappa shape index (κ2) is 7.70. The maximum absolute atomic E-state index is 13.6. The van der Waals surface area contributed by atoms with Crippen molar-refractivity contribution < 1.29 is 27.2 Å². The number of aryl methyl sites for hydroxylation is 1. The van der Waals surface area contributed by atoms with Gasteiger partial charge in [-0.2, -0.15) is 13.9 Å². The average Bonchev–Trinajstić information content (AvgIpc) is 3.49. The number of hydrogen-bond acceptors (Lipinski definition) is 7. The molecule has 5 heterocycles. The number of nitrogens with zero attached hydrogens (tertiary/aromatic N) is 5. The Kier molecular flexibility index (Phi) is 4.04. The van der Waals surface area contributed by atoms with E-state index in [-0.39, 0.29) is 23.3 Å². The van der Waals surface area contributed by atoms with E-state index in [1.807, 2.05) is 19.9 Å². The summed E-state index contributed by atoms with van der Waals surface area (Å²) in [7, 11) is 0. The number of fused-ring (bicyclic) bond motifs is 10. The zero-order valence-corrected chi connectivity index (χ0v) is 20.4.